The molecular weight excluding hydrogens is 282 g/mol. The lowest BCUT2D eigenvalue weighted by molar-refractivity contribution is -0.146. The number of benzene rings is 2. The molecule has 114 valence electrons. The van der Waals surface area contributed by atoms with E-state index in [2.05, 4.69) is 5.32 Å². The zero-order valence-electron chi connectivity index (χ0n) is 12.3. The highest BCUT2D eigenvalue weighted by molar-refractivity contribution is 6.05. The van der Waals surface area contributed by atoms with E-state index >= 15 is 0 Å². The van der Waals surface area contributed by atoms with E-state index in [1.807, 2.05) is 12.1 Å². The van der Waals surface area contributed by atoms with Crippen LogP contribution in [0.1, 0.15) is 30.1 Å². The molecule has 1 fully saturated rings. The van der Waals surface area contributed by atoms with Crippen molar-refractivity contribution < 1.29 is 19.4 Å². The van der Waals surface area contributed by atoms with Crippen LogP contribution in [0, 0.1) is 0 Å². The number of amides is 1. The van der Waals surface area contributed by atoms with Gasteiger partial charge in [0, 0.05) is 5.39 Å². The third-order valence-corrected chi connectivity index (χ3v) is 3.91. The maximum atomic E-state index is 12.4. The standard InChI is InChI=1S/C17H17NO4/c1-2-22-16(21)17(9-10-17)18-15(20)13-8-7-11-5-3-4-6-12(11)14(13)19/h3-8,19H,2,9-10H2,1H3,(H,18,20). The van der Waals surface area contributed by atoms with Crippen molar-refractivity contribution in [3.63, 3.8) is 0 Å². The van der Waals surface area contributed by atoms with Crippen LogP contribution in [-0.4, -0.2) is 29.1 Å². The van der Waals surface area contributed by atoms with Gasteiger partial charge < -0.3 is 15.2 Å². The Bertz CT molecular complexity index is 749. The summed E-state index contributed by atoms with van der Waals surface area (Å²) < 4.78 is 4.99. The summed E-state index contributed by atoms with van der Waals surface area (Å²) in [5.41, 5.74) is -0.764. The smallest absolute Gasteiger partial charge is 0.331 e. The zero-order valence-corrected chi connectivity index (χ0v) is 12.3. The molecule has 2 N–H and O–H groups in total. The van der Waals surface area contributed by atoms with Crippen molar-refractivity contribution in [1.29, 1.82) is 0 Å². The van der Waals surface area contributed by atoms with E-state index in [9.17, 15) is 14.7 Å². The molecule has 2 aromatic carbocycles. The van der Waals surface area contributed by atoms with Crippen LogP contribution in [0.3, 0.4) is 0 Å². The SMILES string of the molecule is CCOC(=O)C1(NC(=O)c2ccc3ccccc3c2O)CC1. The third-order valence-electron chi connectivity index (χ3n) is 3.91. The number of hydrogen-bond acceptors (Lipinski definition) is 4. The molecule has 0 spiro atoms. The van der Waals surface area contributed by atoms with Crippen molar-refractivity contribution in [3.05, 3.63) is 42.0 Å². The Morgan fingerprint density at radius 1 is 1.23 bits per heavy atom. The minimum Gasteiger partial charge on any atom is -0.506 e. The number of rotatable bonds is 4. The summed E-state index contributed by atoms with van der Waals surface area (Å²) in [5, 5.41) is 14.5. The van der Waals surface area contributed by atoms with Crippen LogP contribution >= 0.6 is 0 Å². The van der Waals surface area contributed by atoms with E-state index in [0.717, 1.165) is 5.39 Å². The van der Waals surface area contributed by atoms with E-state index in [-0.39, 0.29) is 17.9 Å². The average Bonchev–Trinajstić information content (AvgIpc) is 3.29. The molecule has 2 aromatic rings. The molecule has 0 saturated heterocycles. The normalized spacial score (nSPS) is 15.3. The minimum absolute atomic E-state index is 0.0738. The highest BCUT2D eigenvalue weighted by atomic mass is 16.5. The van der Waals surface area contributed by atoms with Crippen LogP contribution in [-0.2, 0) is 9.53 Å². The van der Waals surface area contributed by atoms with Crippen molar-refractivity contribution in [2.45, 2.75) is 25.3 Å². The van der Waals surface area contributed by atoms with Gasteiger partial charge in [-0.2, -0.15) is 0 Å². The minimum atomic E-state index is -0.925. The number of hydrogen-bond donors (Lipinski definition) is 2. The van der Waals surface area contributed by atoms with Crippen LogP contribution in [0.4, 0.5) is 0 Å². The summed E-state index contributed by atoms with van der Waals surface area (Å²) in [4.78, 5) is 24.3. The molecule has 22 heavy (non-hydrogen) atoms. The molecule has 0 radical (unpaired) electrons. The van der Waals surface area contributed by atoms with E-state index in [0.29, 0.717) is 18.2 Å². The van der Waals surface area contributed by atoms with Crippen molar-refractivity contribution in [2.75, 3.05) is 6.61 Å². The molecule has 5 nitrogen and oxygen atoms in total. The lowest BCUT2D eigenvalue weighted by atomic mass is 10.0. The van der Waals surface area contributed by atoms with Gasteiger partial charge in [0.25, 0.3) is 5.91 Å². The Labute approximate surface area is 127 Å². The first-order valence-corrected chi connectivity index (χ1v) is 7.28. The summed E-state index contributed by atoms with van der Waals surface area (Å²) >= 11 is 0. The molecule has 1 aliphatic rings. The van der Waals surface area contributed by atoms with Crippen molar-refractivity contribution in [2.24, 2.45) is 0 Å². The number of phenols is 1. The fraction of sp³-hybridized carbons (Fsp3) is 0.294. The molecule has 1 aliphatic carbocycles. The van der Waals surface area contributed by atoms with Crippen molar-refractivity contribution in [1.82, 2.24) is 5.32 Å². The second-order valence-electron chi connectivity index (χ2n) is 5.44. The average molecular weight is 299 g/mol. The van der Waals surface area contributed by atoms with E-state index in [1.165, 1.54) is 0 Å². The van der Waals surface area contributed by atoms with Gasteiger partial charge in [-0.05, 0) is 31.2 Å². The van der Waals surface area contributed by atoms with Crippen LogP contribution < -0.4 is 5.32 Å². The molecule has 3 rings (SSSR count). The predicted octanol–water partition coefficient (Wildman–Crippen LogP) is 2.37. The van der Waals surface area contributed by atoms with E-state index in [1.54, 1.807) is 31.2 Å². The molecule has 0 heterocycles. The molecular formula is C17H17NO4. The van der Waals surface area contributed by atoms with E-state index in [4.69, 9.17) is 4.74 Å². The van der Waals surface area contributed by atoms with Gasteiger partial charge in [0.15, 0.2) is 0 Å². The topological polar surface area (TPSA) is 75.6 Å². The van der Waals surface area contributed by atoms with Gasteiger partial charge in [0.1, 0.15) is 11.3 Å². The number of phenolic OH excluding ortho intramolecular Hbond substituents is 1. The molecule has 0 unspecified atom stereocenters. The Morgan fingerprint density at radius 3 is 2.64 bits per heavy atom. The Kier molecular flexibility index (Phi) is 3.48. The van der Waals surface area contributed by atoms with E-state index < -0.39 is 17.4 Å². The third kappa shape index (κ3) is 2.39. The number of esters is 1. The van der Waals surface area contributed by atoms with Gasteiger partial charge in [0.05, 0.1) is 12.2 Å². The fourth-order valence-electron chi connectivity index (χ4n) is 2.50. The first kappa shape index (κ1) is 14.4. The first-order chi connectivity index (χ1) is 10.6. The summed E-state index contributed by atoms with van der Waals surface area (Å²) in [6.07, 6.45) is 1.12. The lowest BCUT2D eigenvalue weighted by Crippen LogP contribution is -2.44. The number of fused-ring (bicyclic) bond motifs is 1. The van der Waals surface area contributed by atoms with Gasteiger partial charge in [-0.25, -0.2) is 4.79 Å². The Hall–Kier alpha value is -2.56. The quantitative estimate of drug-likeness (QED) is 0.850. The van der Waals surface area contributed by atoms with Crippen molar-refractivity contribution >= 4 is 22.6 Å². The molecule has 1 amide bonds. The maximum absolute atomic E-state index is 12.4. The summed E-state index contributed by atoms with van der Waals surface area (Å²) in [7, 11) is 0. The van der Waals surface area contributed by atoms with Crippen LogP contribution in [0.15, 0.2) is 36.4 Å². The lowest BCUT2D eigenvalue weighted by Gasteiger charge is -2.16. The summed E-state index contributed by atoms with van der Waals surface area (Å²) in [5.74, 6) is -0.951. The van der Waals surface area contributed by atoms with Crippen molar-refractivity contribution in [3.8, 4) is 5.75 Å². The second-order valence-corrected chi connectivity index (χ2v) is 5.44. The maximum Gasteiger partial charge on any atom is 0.331 e. The van der Waals surface area contributed by atoms with Gasteiger partial charge in [-0.15, -0.1) is 0 Å². The summed E-state index contributed by atoms with van der Waals surface area (Å²) in [6, 6.07) is 10.6. The van der Waals surface area contributed by atoms with Gasteiger partial charge >= 0.3 is 5.97 Å². The number of ether oxygens (including phenoxy) is 1. The Morgan fingerprint density at radius 2 is 1.95 bits per heavy atom. The van der Waals surface area contributed by atoms with Gasteiger partial charge in [-0.1, -0.05) is 30.3 Å². The first-order valence-electron chi connectivity index (χ1n) is 7.28. The zero-order chi connectivity index (χ0) is 15.7. The predicted molar refractivity (Wildman–Crippen MR) is 81.7 cm³/mol. The van der Waals surface area contributed by atoms with Crippen LogP contribution in [0.25, 0.3) is 10.8 Å². The molecule has 0 bridgehead atoms. The molecule has 0 aliphatic heterocycles. The molecule has 0 aromatic heterocycles. The highest BCUT2D eigenvalue weighted by Crippen LogP contribution is 2.38. The Balaban J connectivity index is 1.87. The number of carbonyl (C=O) groups is 2. The summed E-state index contributed by atoms with van der Waals surface area (Å²) in [6.45, 7) is 2.00. The molecule has 1 saturated carbocycles. The highest BCUT2D eigenvalue weighted by Gasteiger charge is 2.52. The van der Waals surface area contributed by atoms with Crippen LogP contribution in [0.2, 0.25) is 0 Å². The number of aromatic hydroxyl groups is 1. The van der Waals surface area contributed by atoms with Gasteiger partial charge in [-0.3, -0.25) is 4.79 Å². The fourth-order valence-corrected chi connectivity index (χ4v) is 2.50. The second kappa shape index (κ2) is 5.33. The largest absolute Gasteiger partial charge is 0.506 e. The number of carbonyl (C=O) groups excluding carboxylic acids is 2. The van der Waals surface area contributed by atoms with Gasteiger partial charge in [0.2, 0.25) is 0 Å². The number of nitrogens with one attached hydrogen (secondary N) is 1. The molecule has 0 atom stereocenters. The monoisotopic (exact) mass is 299 g/mol. The molecule has 5 heteroatoms. The van der Waals surface area contributed by atoms with Crippen LogP contribution in [0.5, 0.6) is 5.75 Å².